The zero-order chi connectivity index (χ0) is 17.0. The van der Waals surface area contributed by atoms with Crippen molar-refractivity contribution in [2.45, 2.75) is 18.0 Å². The average molecular weight is 344 g/mol. The number of aryl methyl sites for hydroxylation is 1. The average Bonchev–Trinajstić information content (AvgIpc) is 2.48. The van der Waals surface area contributed by atoms with Crippen molar-refractivity contribution in [3.05, 3.63) is 47.8 Å². The number of benzene rings is 1. The molecule has 0 bridgehead atoms. The van der Waals surface area contributed by atoms with Crippen LogP contribution >= 0.6 is 11.8 Å². The predicted molar refractivity (Wildman–Crippen MR) is 80.3 cm³/mol. The van der Waals surface area contributed by atoms with E-state index in [2.05, 4.69) is 15.0 Å². The van der Waals surface area contributed by atoms with Crippen LogP contribution in [0.4, 0.5) is 23.2 Å². The first-order chi connectivity index (χ1) is 10.8. The summed E-state index contributed by atoms with van der Waals surface area (Å²) in [6.45, 7) is 1.53. The monoisotopic (exact) mass is 344 g/mol. The van der Waals surface area contributed by atoms with E-state index >= 15 is 0 Å². The highest BCUT2D eigenvalue weighted by Gasteiger charge is 2.27. The largest absolute Gasteiger partial charge is 0.398 e. The molecule has 0 aliphatic carbocycles. The van der Waals surface area contributed by atoms with E-state index in [1.54, 1.807) is 0 Å². The van der Waals surface area contributed by atoms with Crippen molar-refractivity contribution in [1.29, 1.82) is 0 Å². The van der Waals surface area contributed by atoms with Gasteiger partial charge in [-0.1, -0.05) is 0 Å². The fraction of sp³-hybridized carbons (Fsp3) is 0.214. The molecule has 4 nitrogen and oxygen atoms in total. The smallest absolute Gasteiger partial charge is 0.382 e. The van der Waals surface area contributed by atoms with Crippen LogP contribution in [0, 0.1) is 12.7 Å². The predicted octanol–water partition coefficient (Wildman–Crippen LogP) is 3.62. The van der Waals surface area contributed by atoms with Crippen molar-refractivity contribution < 1.29 is 17.6 Å². The van der Waals surface area contributed by atoms with E-state index in [0.29, 0.717) is 17.3 Å². The number of hydrogen-bond acceptors (Lipinski definition) is 4. The van der Waals surface area contributed by atoms with Crippen LogP contribution in [-0.2, 0) is 0 Å². The molecule has 1 aromatic carbocycles. The molecule has 9 heteroatoms. The van der Waals surface area contributed by atoms with Crippen LogP contribution in [0.5, 0.6) is 0 Å². The Morgan fingerprint density at radius 2 is 2.04 bits per heavy atom. The Hall–Kier alpha value is -2.16. The normalized spacial score (nSPS) is 12.5. The maximum atomic E-state index is 14.0. The van der Waals surface area contributed by atoms with E-state index < -0.39 is 17.7 Å². The molecule has 1 aromatic heterocycles. The van der Waals surface area contributed by atoms with Crippen LogP contribution in [0.2, 0.25) is 0 Å². The highest BCUT2D eigenvalue weighted by Crippen LogP contribution is 2.33. The van der Waals surface area contributed by atoms with Gasteiger partial charge in [-0.05, 0) is 24.6 Å². The highest BCUT2D eigenvalue weighted by molar-refractivity contribution is 7.99. The SMILES string of the molecule is Cc1cc(F)c(N=C(N)c2cnccn2)cc1SCC(F)(F)F. The molecule has 2 N–H and O–H groups in total. The minimum atomic E-state index is -4.31. The van der Waals surface area contributed by atoms with E-state index in [-0.39, 0.29) is 22.1 Å². The lowest BCUT2D eigenvalue weighted by Gasteiger charge is -2.10. The number of hydrogen-bond donors (Lipinski definition) is 1. The molecule has 0 aliphatic rings. The third-order valence-corrected chi connectivity index (χ3v) is 3.92. The van der Waals surface area contributed by atoms with Gasteiger partial charge in [0, 0.05) is 17.3 Å². The topological polar surface area (TPSA) is 64.2 Å². The maximum absolute atomic E-state index is 14.0. The van der Waals surface area contributed by atoms with Gasteiger partial charge < -0.3 is 5.73 Å². The first-order valence-electron chi connectivity index (χ1n) is 6.36. The van der Waals surface area contributed by atoms with Crippen LogP contribution in [0.1, 0.15) is 11.3 Å². The van der Waals surface area contributed by atoms with Crippen LogP contribution in [0.3, 0.4) is 0 Å². The van der Waals surface area contributed by atoms with Gasteiger partial charge in [0.2, 0.25) is 0 Å². The summed E-state index contributed by atoms with van der Waals surface area (Å²) < 4.78 is 50.9. The van der Waals surface area contributed by atoms with E-state index in [1.165, 1.54) is 31.6 Å². The third kappa shape index (κ3) is 4.92. The van der Waals surface area contributed by atoms with Crippen molar-refractivity contribution in [3.8, 4) is 0 Å². The van der Waals surface area contributed by atoms with E-state index in [0.717, 1.165) is 6.07 Å². The van der Waals surface area contributed by atoms with Crippen LogP contribution < -0.4 is 5.73 Å². The molecular weight excluding hydrogens is 332 g/mol. The third-order valence-electron chi connectivity index (χ3n) is 2.70. The minimum absolute atomic E-state index is 0.0763. The number of aliphatic imine (C=N–C) groups is 1. The summed E-state index contributed by atoms with van der Waals surface area (Å²) in [6.07, 6.45) is -0.124. The van der Waals surface area contributed by atoms with Crippen LogP contribution in [0.15, 0.2) is 40.6 Å². The Morgan fingerprint density at radius 3 is 2.65 bits per heavy atom. The lowest BCUT2D eigenvalue weighted by molar-refractivity contribution is -0.105. The highest BCUT2D eigenvalue weighted by atomic mass is 32.2. The Labute approximate surface area is 133 Å². The number of amidine groups is 1. The van der Waals surface area contributed by atoms with Gasteiger partial charge in [0.25, 0.3) is 0 Å². The maximum Gasteiger partial charge on any atom is 0.398 e. The van der Waals surface area contributed by atoms with Gasteiger partial charge in [-0.25, -0.2) is 14.4 Å². The van der Waals surface area contributed by atoms with Crippen molar-refractivity contribution >= 4 is 23.3 Å². The first kappa shape index (κ1) is 17.2. The number of halogens is 4. The van der Waals surface area contributed by atoms with Gasteiger partial charge >= 0.3 is 6.18 Å². The molecular formula is C14H12F4N4S. The van der Waals surface area contributed by atoms with Gasteiger partial charge in [-0.2, -0.15) is 13.2 Å². The zero-order valence-electron chi connectivity index (χ0n) is 11.9. The van der Waals surface area contributed by atoms with Crippen molar-refractivity contribution in [2.75, 3.05) is 5.75 Å². The first-order valence-corrected chi connectivity index (χ1v) is 7.35. The number of rotatable bonds is 4. The summed E-state index contributed by atoms with van der Waals surface area (Å²) in [4.78, 5) is 11.9. The Kier molecular flexibility index (Phi) is 5.19. The molecule has 0 unspecified atom stereocenters. The van der Waals surface area contributed by atoms with E-state index in [1.807, 2.05) is 0 Å². The van der Waals surface area contributed by atoms with Crippen LogP contribution in [0.25, 0.3) is 0 Å². The number of aromatic nitrogens is 2. The molecule has 0 aliphatic heterocycles. The molecule has 23 heavy (non-hydrogen) atoms. The molecule has 1 heterocycles. The Bertz CT molecular complexity index is 717. The van der Waals surface area contributed by atoms with E-state index in [4.69, 9.17) is 5.73 Å². The molecule has 0 spiro atoms. The fourth-order valence-electron chi connectivity index (χ4n) is 1.66. The summed E-state index contributed by atoms with van der Waals surface area (Å²) in [5.41, 5.74) is 6.22. The van der Waals surface area contributed by atoms with Gasteiger partial charge in [0.15, 0.2) is 5.84 Å². The summed E-state index contributed by atoms with van der Waals surface area (Å²) in [5, 5.41) is 0. The molecule has 0 atom stereocenters. The second-order valence-electron chi connectivity index (χ2n) is 4.56. The van der Waals surface area contributed by atoms with Gasteiger partial charge in [0.1, 0.15) is 17.2 Å². The standard InChI is InChI=1S/C14H12F4N4S/c1-8-4-9(15)10(5-12(8)23-7-14(16,17)18)22-13(19)11-6-20-2-3-21-11/h2-6H,7H2,1H3,(H2,19,22). The van der Waals surface area contributed by atoms with Crippen LogP contribution in [-0.4, -0.2) is 27.7 Å². The zero-order valence-corrected chi connectivity index (χ0v) is 12.7. The second-order valence-corrected chi connectivity index (χ2v) is 5.58. The lowest BCUT2D eigenvalue weighted by atomic mass is 10.2. The fourth-order valence-corrected chi connectivity index (χ4v) is 2.46. The summed E-state index contributed by atoms with van der Waals surface area (Å²) >= 11 is 0.570. The molecule has 122 valence electrons. The molecule has 0 amide bonds. The number of nitrogens with two attached hydrogens (primary N) is 1. The summed E-state index contributed by atoms with van der Waals surface area (Å²) in [5.74, 6) is -1.82. The lowest BCUT2D eigenvalue weighted by Crippen LogP contribution is -2.15. The van der Waals surface area contributed by atoms with Gasteiger partial charge in [-0.3, -0.25) is 4.98 Å². The molecule has 0 saturated carbocycles. The van der Waals surface area contributed by atoms with Crippen molar-refractivity contribution in [3.63, 3.8) is 0 Å². The summed E-state index contributed by atoms with van der Waals surface area (Å²) in [6, 6.07) is 2.37. The number of alkyl halides is 3. The van der Waals surface area contributed by atoms with Gasteiger partial charge in [0.05, 0.1) is 11.9 Å². The summed E-state index contributed by atoms with van der Waals surface area (Å²) in [7, 11) is 0. The minimum Gasteiger partial charge on any atom is -0.382 e. The molecule has 2 rings (SSSR count). The number of nitrogens with zero attached hydrogens (tertiary/aromatic N) is 3. The van der Waals surface area contributed by atoms with Crippen molar-refractivity contribution in [1.82, 2.24) is 9.97 Å². The Morgan fingerprint density at radius 1 is 1.30 bits per heavy atom. The molecule has 0 saturated heterocycles. The molecule has 2 aromatic rings. The Balaban J connectivity index is 2.32. The molecule has 0 radical (unpaired) electrons. The second kappa shape index (κ2) is 6.95. The van der Waals surface area contributed by atoms with Gasteiger partial charge in [-0.15, -0.1) is 11.8 Å². The van der Waals surface area contributed by atoms with Crippen molar-refractivity contribution in [2.24, 2.45) is 10.7 Å². The van der Waals surface area contributed by atoms with E-state index in [9.17, 15) is 17.6 Å². The quantitative estimate of drug-likeness (QED) is 0.398. The molecule has 0 fully saturated rings. The number of thioether (sulfide) groups is 1.